The van der Waals surface area contributed by atoms with Crippen LogP contribution in [0.2, 0.25) is 0 Å². The Morgan fingerprint density at radius 1 is 1.17 bits per heavy atom. The van der Waals surface area contributed by atoms with E-state index in [0.717, 1.165) is 65.1 Å². The minimum Gasteiger partial charge on any atom is -0.368 e. The second kappa shape index (κ2) is 5.55. The number of carbonyl (C=O) groups excluding carboxylic acids is 1. The molecule has 0 aromatic carbocycles. The fourth-order valence-electron chi connectivity index (χ4n) is 3.26. The Bertz CT molecular complexity index is 299. The van der Waals surface area contributed by atoms with Crippen LogP contribution in [-0.2, 0) is 9.53 Å². The first-order chi connectivity index (χ1) is 8.84. The summed E-state index contributed by atoms with van der Waals surface area (Å²) in [5, 5.41) is 3.37. The Kier molecular flexibility index (Phi) is 3.82. The summed E-state index contributed by atoms with van der Waals surface area (Å²) >= 11 is 0. The number of hydrogen-bond donors (Lipinski definition) is 1. The first-order valence-corrected chi connectivity index (χ1v) is 7.20. The summed E-state index contributed by atoms with van der Waals surface area (Å²) in [5.41, 5.74) is 0. The highest BCUT2D eigenvalue weighted by Gasteiger charge is 2.35. The van der Waals surface area contributed by atoms with Crippen LogP contribution in [0.4, 0.5) is 0 Å². The van der Waals surface area contributed by atoms with Crippen LogP contribution in [0, 0.1) is 0 Å². The third kappa shape index (κ3) is 2.53. The monoisotopic (exact) mass is 253 g/mol. The van der Waals surface area contributed by atoms with Gasteiger partial charge in [0, 0.05) is 51.9 Å². The SMILES string of the molecule is O=C([C@H]1CCCO1)N1CCC(N2CCNCC2)C1. The number of piperazine rings is 1. The van der Waals surface area contributed by atoms with Gasteiger partial charge in [0.15, 0.2) is 0 Å². The van der Waals surface area contributed by atoms with Gasteiger partial charge in [-0.15, -0.1) is 0 Å². The van der Waals surface area contributed by atoms with E-state index in [1.807, 2.05) is 4.90 Å². The minimum atomic E-state index is -0.147. The smallest absolute Gasteiger partial charge is 0.251 e. The predicted molar refractivity (Wildman–Crippen MR) is 68.4 cm³/mol. The molecule has 3 heterocycles. The minimum absolute atomic E-state index is 0.147. The molecule has 102 valence electrons. The summed E-state index contributed by atoms with van der Waals surface area (Å²) in [4.78, 5) is 16.8. The average Bonchev–Trinajstić information content (AvgIpc) is 3.10. The van der Waals surface area contributed by atoms with E-state index in [2.05, 4.69) is 10.2 Å². The van der Waals surface area contributed by atoms with Crippen LogP contribution in [0.25, 0.3) is 0 Å². The zero-order chi connectivity index (χ0) is 12.4. The zero-order valence-corrected chi connectivity index (χ0v) is 10.9. The Balaban J connectivity index is 1.52. The standard InChI is InChI=1S/C13H23N3O2/c17-13(12-2-1-9-18-12)16-6-3-11(10-16)15-7-4-14-5-8-15/h11-12,14H,1-10H2/t11?,12-/m1/s1. The first kappa shape index (κ1) is 12.4. The van der Waals surface area contributed by atoms with Gasteiger partial charge in [0.25, 0.3) is 5.91 Å². The van der Waals surface area contributed by atoms with E-state index < -0.39 is 0 Å². The first-order valence-electron chi connectivity index (χ1n) is 7.20. The highest BCUT2D eigenvalue weighted by Crippen LogP contribution is 2.21. The second-order valence-corrected chi connectivity index (χ2v) is 5.51. The van der Waals surface area contributed by atoms with Crippen molar-refractivity contribution in [1.82, 2.24) is 15.1 Å². The number of nitrogens with zero attached hydrogens (tertiary/aromatic N) is 2. The number of amides is 1. The van der Waals surface area contributed by atoms with Crippen molar-refractivity contribution in [3.05, 3.63) is 0 Å². The van der Waals surface area contributed by atoms with Crippen LogP contribution in [0.5, 0.6) is 0 Å². The van der Waals surface area contributed by atoms with E-state index in [1.54, 1.807) is 0 Å². The van der Waals surface area contributed by atoms with Gasteiger partial charge in [0.2, 0.25) is 0 Å². The number of carbonyl (C=O) groups is 1. The molecule has 0 aliphatic carbocycles. The number of ether oxygens (including phenoxy) is 1. The van der Waals surface area contributed by atoms with Crippen LogP contribution >= 0.6 is 0 Å². The molecule has 0 bridgehead atoms. The van der Waals surface area contributed by atoms with Gasteiger partial charge in [-0.05, 0) is 19.3 Å². The lowest BCUT2D eigenvalue weighted by Crippen LogP contribution is -2.49. The van der Waals surface area contributed by atoms with Crippen molar-refractivity contribution in [3.63, 3.8) is 0 Å². The summed E-state index contributed by atoms with van der Waals surface area (Å²) in [5.74, 6) is 0.227. The van der Waals surface area contributed by atoms with Crippen molar-refractivity contribution in [2.45, 2.75) is 31.4 Å². The molecule has 0 saturated carbocycles. The summed E-state index contributed by atoms with van der Waals surface area (Å²) in [6, 6.07) is 0.567. The second-order valence-electron chi connectivity index (χ2n) is 5.51. The van der Waals surface area contributed by atoms with E-state index in [-0.39, 0.29) is 12.0 Å². The third-order valence-electron chi connectivity index (χ3n) is 4.35. The molecule has 2 atom stereocenters. The maximum atomic E-state index is 12.2. The third-order valence-corrected chi connectivity index (χ3v) is 4.35. The van der Waals surface area contributed by atoms with E-state index in [1.165, 1.54) is 0 Å². The molecular formula is C13H23N3O2. The van der Waals surface area contributed by atoms with Crippen LogP contribution in [0.3, 0.4) is 0 Å². The molecule has 5 heteroatoms. The summed E-state index contributed by atoms with van der Waals surface area (Å²) in [6.07, 6.45) is 2.92. The number of rotatable bonds is 2. The lowest BCUT2D eigenvalue weighted by Gasteiger charge is -2.32. The van der Waals surface area contributed by atoms with E-state index in [4.69, 9.17) is 4.74 Å². The maximum Gasteiger partial charge on any atom is 0.251 e. The van der Waals surface area contributed by atoms with Gasteiger partial charge in [-0.2, -0.15) is 0 Å². The molecule has 3 rings (SSSR count). The number of hydrogen-bond acceptors (Lipinski definition) is 4. The van der Waals surface area contributed by atoms with Crippen molar-refractivity contribution in [1.29, 1.82) is 0 Å². The summed E-state index contributed by atoms with van der Waals surface area (Å²) in [7, 11) is 0. The molecular weight excluding hydrogens is 230 g/mol. The molecule has 0 radical (unpaired) electrons. The molecule has 3 fully saturated rings. The van der Waals surface area contributed by atoms with Gasteiger partial charge < -0.3 is 15.0 Å². The largest absolute Gasteiger partial charge is 0.368 e. The van der Waals surface area contributed by atoms with Crippen LogP contribution in [0.1, 0.15) is 19.3 Å². The quantitative estimate of drug-likeness (QED) is 0.732. The lowest BCUT2D eigenvalue weighted by atomic mass is 10.2. The van der Waals surface area contributed by atoms with Crippen LogP contribution < -0.4 is 5.32 Å². The van der Waals surface area contributed by atoms with Gasteiger partial charge >= 0.3 is 0 Å². The summed E-state index contributed by atoms with van der Waals surface area (Å²) in [6.45, 7) is 6.96. The lowest BCUT2D eigenvalue weighted by molar-refractivity contribution is -0.140. The Labute approximate surface area is 108 Å². The molecule has 3 saturated heterocycles. The van der Waals surface area contributed by atoms with Crippen molar-refractivity contribution in [2.75, 3.05) is 45.9 Å². The highest BCUT2D eigenvalue weighted by atomic mass is 16.5. The summed E-state index contributed by atoms with van der Waals surface area (Å²) < 4.78 is 5.49. The van der Waals surface area contributed by atoms with Gasteiger partial charge in [-0.1, -0.05) is 0 Å². The van der Waals surface area contributed by atoms with Crippen molar-refractivity contribution < 1.29 is 9.53 Å². The zero-order valence-electron chi connectivity index (χ0n) is 10.9. The maximum absolute atomic E-state index is 12.2. The molecule has 0 spiro atoms. The van der Waals surface area contributed by atoms with Gasteiger partial charge in [-0.25, -0.2) is 0 Å². The van der Waals surface area contributed by atoms with Gasteiger partial charge in [-0.3, -0.25) is 9.69 Å². The normalized spacial score (nSPS) is 34.1. The van der Waals surface area contributed by atoms with E-state index >= 15 is 0 Å². The average molecular weight is 253 g/mol. The molecule has 1 unspecified atom stereocenters. The Hall–Kier alpha value is -0.650. The Morgan fingerprint density at radius 3 is 2.72 bits per heavy atom. The highest BCUT2D eigenvalue weighted by molar-refractivity contribution is 5.81. The van der Waals surface area contributed by atoms with E-state index in [0.29, 0.717) is 6.04 Å². The molecule has 1 N–H and O–H groups in total. The fourth-order valence-corrected chi connectivity index (χ4v) is 3.26. The number of nitrogens with one attached hydrogen (secondary N) is 1. The molecule has 18 heavy (non-hydrogen) atoms. The topological polar surface area (TPSA) is 44.8 Å². The van der Waals surface area contributed by atoms with E-state index in [9.17, 15) is 4.79 Å². The van der Waals surface area contributed by atoms with Crippen molar-refractivity contribution in [2.24, 2.45) is 0 Å². The van der Waals surface area contributed by atoms with Crippen LogP contribution in [0.15, 0.2) is 0 Å². The molecule has 5 nitrogen and oxygen atoms in total. The van der Waals surface area contributed by atoms with Crippen LogP contribution in [-0.4, -0.2) is 73.7 Å². The Morgan fingerprint density at radius 2 is 2.00 bits per heavy atom. The molecule has 0 aromatic heterocycles. The van der Waals surface area contributed by atoms with Gasteiger partial charge in [0.05, 0.1) is 0 Å². The van der Waals surface area contributed by atoms with Gasteiger partial charge in [0.1, 0.15) is 6.10 Å². The predicted octanol–water partition coefficient (Wildman–Crippen LogP) is -0.328. The van der Waals surface area contributed by atoms with Crippen molar-refractivity contribution in [3.8, 4) is 0 Å². The van der Waals surface area contributed by atoms with Crippen molar-refractivity contribution >= 4 is 5.91 Å². The molecule has 1 amide bonds. The number of likely N-dealkylation sites (tertiary alicyclic amines) is 1. The molecule has 3 aliphatic rings. The fraction of sp³-hybridized carbons (Fsp3) is 0.923. The molecule has 3 aliphatic heterocycles. The molecule has 0 aromatic rings.